The molecule has 1 aliphatic rings. The van der Waals surface area contributed by atoms with Gasteiger partial charge in [0.25, 0.3) is 0 Å². The van der Waals surface area contributed by atoms with Gasteiger partial charge in [-0.2, -0.15) is 0 Å². The Morgan fingerprint density at radius 3 is 2.06 bits per heavy atom. The van der Waals surface area contributed by atoms with E-state index in [0.29, 0.717) is 5.75 Å². The lowest BCUT2D eigenvalue weighted by atomic mass is 10.0. The van der Waals surface area contributed by atoms with Gasteiger partial charge in [0.05, 0.1) is 22.9 Å². The minimum atomic E-state index is -2.16. The fourth-order valence-electron chi connectivity index (χ4n) is 2.04. The van der Waals surface area contributed by atoms with Crippen LogP contribution in [0.15, 0.2) is 4.36 Å². The average molecular weight is 293 g/mol. The summed E-state index contributed by atoms with van der Waals surface area (Å²) in [6.45, 7) is 13.7. The molecule has 2 atom stereocenters. The van der Waals surface area contributed by atoms with Gasteiger partial charge in [0.15, 0.2) is 0 Å². The molecule has 0 fully saturated rings. The van der Waals surface area contributed by atoms with Crippen molar-refractivity contribution in [2.45, 2.75) is 63.4 Å². The van der Waals surface area contributed by atoms with Crippen LogP contribution in [0, 0.1) is 0 Å². The molecule has 0 aromatic heterocycles. The van der Waals surface area contributed by atoms with Gasteiger partial charge in [-0.1, -0.05) is 13.8 Å². The van der Waals surface area contributed by atoms with E-state index in [2.05, 4.69) is 4.36 Å². The summed E-state index contributed by atoms with van der Waals surface area (Å²) in [6, 6.07) is 0.111. The molecule has 108 valence electrons. The summed E-state index contributed by atoms with van der Waals surface area (Å²) in [5, 5.41) is -0.219. The van der Waals surface area contributed by atoms with E-state index >= 15 is 0 Å². The fraction of sp³-hybridized carbons (Fsp3) is 1.00. The number of rotatable bonds is 3. The molecule has 1 rings (SSSR count). The SMILES string of the molecule is CC(C)(CC1CCS(=O)(C(C)(C)C)=N1)P(C)(C)=O. The monoisotopic (exact) mass is 293 g/mol. The minimum absolute atomic E-state index is 0.111. The summed E-state index contributed by atoms with van der Waals surface area (Å²) >= 11 is 0. The summed E-state index contributed by atoms with van der Waals surface area (Å²) in [5.41, 5.74) is 0. The molecule has 0 saturated heterocycles. The minimum Gasteiger partial charge on any atom is -0.324 e. The van der Waals surface area contributed by atoms with E-state index in [-0.39, 0.29) is 15.9 Å². The molecule has 0 bridgehead atoms. The van der Waals surface area contributed by atoms with E-state index in [4.69, 9.17) is 0 Å². The first-order chi connectivity index (χ1) is 7.79. The van der Waals surface area contributed by atoms with E-state index in [1.807, 2.05) is 47.9 Å². The van der Waals surface area contributed by atoms with Crippen molar-refractivity contribution in [1.82, 2.24) is 0 Å². The smallest absolute Gasteiger partial charge is 0.0872 e. The molecule has 3 nitrogen and oxygen atoms in total. The van der Waals surface area contributed by atoms with Crippen molar-refractivity contribution in [2.75, 3.05) is 19.1 Å². The predicted octanol–water partition coefficient (Wildman–Crippen LogP) is 3.82. The zero-order chi connectivity index (χ0) is 14.4. The first-order valence-electron chi connectivity index (χ1n) is 6.57. The zero-order valence-corrected chi connectivity index (χ0v) is 14.5. The second-order valence-electron chi connectivity index (χ2n) is 7.37. The molecule has 0 N–H and O–H groups in total. The molecule has 0 spiro atoms. The van der Waals surface area contributed by atoms with Crippen molar-refractivity contribution in [1.29, 1.82) is 0 Å². The predicted molar refractivity (Wildman–Crippen MR) is 81.7 cm³/mol. The Kier molecular flexibility index (Phi) is 4.17. The van der Waals surface area contributed by atoms with Crippen LogP contribution in [-0.2, 0) is 14.3 Å². The van der Waals surface area contributed by atoms with Crippen LogP contribution in [0.25, 0.3) is 0 Å². The maximum absolute atomic E-state index is 12.7. The van der Waals surface area contributed by atoms with Gasteiger partial charge in [0, 0.05) is 15.7 Å². The summed E-state index contributed by atoms with van der Waals surface area (Å²) in [6.07, 6.45) is 1.66. The highest BCUT2D eigenvalue weighted by Crippen LogP contribution is 2.54. The van der Waals surface area contributed by atoms with Crippen LogP contribution in [0.3, 0.4) is 0 Å². The second kappa shape index (κ2) is 4.63. The third-order valence-electron chi connectivity index (χ3n) is 4.20. The van der Waals surface area contributed by atoms with Crippen molar-refractivity contribution in [2.24, 2.45) is 4.36 Å². The van der Waals surface area contributed by atoms with Gasteiger partial charge in [-0.3, -0.25) is 0 Å². The lowest BCUT2D eigenvalue weighted by Crippen LogP contribution is -2.27. The molecule has 5 heteroatoms. The Labute approximate surface area is 113 Å². The van der Waals surface area contributed by atoms with Crippen LogP contribution < -0.4 is 0 Å². The van der Waals surface area contributed by atoms with Crippen molar-refractivity contribution in [3.63, 3.8) is 0 Å². The Bertz CT molecular complexity index is 476. The molecule has 2 unspecified atom stereocenters. The van der Waals surface area contributed by atoms with Crippen molar-refractivity contribution in [3.8, 4) is 0 Å². The molecule has 1 heterocycles. The summed E-state index contributed by atoms with van der Waals surface area (Å²) in [7, 11) is -4.26. The molecule has 0 amide bonds. The van der Waals surface area contributed by atoms with E-state index < -0.39 is 16.9 Å². The first kappa shape index (κ1) is 16.2. The third-order valence-corrected chi connectivity index (χ3v) is 10.6. The van der Waals surface area contributed by atoms with Crippen LogP contribution in [-0.4, -0.2) is 39.2 Å². The molecule has 0 aromatic carbocycles. The number of nitrogens with zero attached hydrogens (tertiary/aromatic N) is 1. The maximum Gasteiger partial charge on any atom is 0.0872 e. The quantitative estimate of drug-likeness (QED) is 0.743. The highest BCUT2D eigenvalue weighted by Gasteiger charge is 2.39. The van der Waals surface area contributed by atoms with Crippen LogP contribution >= 0.6 is 7.14 Å². The van der Waals surface area contributed by atoms with Gasteiger partial charge >= 0.3 is 0 Å². The Hall–Kier alpha value is 0.180. The number of hydrogen-bond acceptors (Lipinski definition) is 3. The third kappa shape index (κ3) is 3.19. The van der Waals surface area contributed by atoms with Gasteiger partial charge in [-0.25, -0.2) is 8.57 Å². The van der Waals surface area contributed by atoms with E-state index in [1.54, 1.807) is 0 Å². The standard InChI is InChI=1S/C13H28NO2PS/c1-12(2,3)18(16)9-8-11(14-18)10-13(4,5)17(6,7)15/h11H,8-10H2,1-7H3. The molecular weight excluding hydrogens is 265 g/mol. The van der Waals surface area contributed by atoms with Crippen LogP contribution in [0.2, 0.25) is 0 Å². The summed E-state index contributed by atoms with van der Waals surface area (Å²) in [4.78, 5) is 0. The highest BCUT2D eigenvalue weighted by molar-refractivity contribution is 7.95. The summed E-state index contributed by atoms with van der Waals surface area (Å²) < 4.78 is 29.3. The van der Waals surface area contributed by atoms with Gasteiger partial charge < -0.3 is 4.57 Å². The van der Waals surface area contributed by atoms with Gasteiger partial charge in [0.1, 0.15) is 0 Å². The van der Waals surface area contributed by atoms with Crippen molar-refractivity contribution in [3.05, 3.63) is 0 Å². The average Bonchev–Trinajstić information content (AvgIpc) is 2.44. The largest absolute Gasteiger partial charge is 0.324 e. The van der Waals surface area contributed by atoms with Crippen molar-refractivity contribution < 1.29 is 8.77 Å². The molecule has 0 saturated carbocycles. The van der Waals surface area contributed by atoms with E-state index in [9.17, 15) is 8.77 Å². The molecule has 0 aliphatic carbocycles. The molecule has 18 heavy (non-hydrogen) atoms. The lowest BCUT2D eigenvalue weighted by Gasteiger charge is -2.31. The second-order valence-corrected chi connectivity index (χ2v) is 14.4. The Balaban J connectivity index is 2.93. The normalized spacial score (nSPS) is 30.3. The maximum atomic E-state index is 12.7. The topological polar surface area (TPSA) is 46.5 Å². The molecule has 0 radical (unpaired) electrons. The summed E-state index contributed by atoms with van der Waals surface area (Å²) in [5.74, 6) is 0.689. The van der Waals surface area contributed by atoms with Gasteiger partial charge in [-0.05, 0) is 46.9 Å². The van der Waals surface area contributed by atoms with Crippen LogP contribution in [0.5, 0.6) is 0 Å². The van der Waals surface area contributed by atoms with E-state index in [0.717, 1.165) is 12.8 Å². The Morgan fingerprint density at radius 1 is 1.22 bits per heavy atom. The Morgan fingerprint density at radius 2 is 1.72 bits per heavy atom. The van der Waals surface area contributed by atoms with Crippen LogP contribution in [0.4, 0.5) is 0 Å². The van der Waals surface area contributed by atoms with Crippen molar-refractivity contribution >= 4 is 16.9 Å². The van der Waals surface area contributed by atoms with Gasteiger partial charge in [0.2, 0.25) is 0 Å². The molecule has 0 aromatic rings. The fourth-order valence-corrected chi connectivity index (χ4v) is 4.98. The lowest BCUT2D eigenvalue weighted by molar-refractivity contribution is 0.491. The van der Waals surface area contributed by atoms with Gasteiger partial charge in [-0.15, -0.1) is 0 Å². The molecule has 1 aliphatic heterocycles. The zero-order valence-electron chi connectivity index (χ0n) is 12.8. The van der Waals surface area contributed by atoms with Crippen LogP contribution in [0.1, 0.15) is 47.5 Å². The number of hydrogen-bond donors (Lipinski definition) is 0. The first-order valence-corrected chi connectivity index (χ1v) is 10.9. The van der Waals surface area contributed by atoms with E-state index in [1.165, 1.54) is 0 Å². The highest BCUT2D eigenvalue weighted by atomic mass is 32.2. The molecular formula is C13H28NO2PS.